The highest BCUT2D eigenvalue weighted by atomic mass is 16.2. The van der Waals surface area contributed by atoms with Gasteiger partial charge in [-0.2, -0.15) is 0 Å². The van der Waals surface area contributed by atoms with E-state index in [1.165, 1.54) is 4.90 Å². The number of pyridine rings is 1. The predicted molar refractivity (Wildman–Crippen MR) is 70.7 cm³/mol. The Bertz CT molecular complexity index is 491. The number of aromatic nitrogens is 1. The monoisotopic (exact) mass is 261 g/mol. The normalized spacial score (nSPS) is 18.8. The summed E-state index contributed by atoms with van der Waals surface area (Å²) in [5, 5.41) is 0. The van der Waals surface area contributed by atoms with Gasteiger partial charge in [-0.1, -0.05) is 19.9 Å². The van der Waals surface area contributed by atoms with Crippen molar-refractivity contribution in [3.63, 3.8) is 0 Å². The van der Waals surface area contributed by atoms with Crippen LogP contribution in [0.3, 0.4) is 0 Å². The molecule has 1 aliphatic heterocycles. The van der Waals surface area contributed by atoms with Gasteiger partial charge in [-0.3, -0.25) is 19.5 Å². The summed E-state index contributed by atoms with van der Waals surface area (Å²) in [7, 11) is 0. The number of nitrogens with zero attached hydrogens (tertiary/aromatic N) is 2. The molecular weight excluding hydrogens is 242 g/mol. The number of rotatable bonds is 3. The Kier molecular flexibility index (Phi) is 3.66. The van der Waals surface area contributed by atoms with Crippen molar-refractivity contribution in [3.05, 3.63) is 29.6 Å². The molecular formula is C14H19N3O2. The maximum Gasteiger partial charge on any atom is 0.230 e. The molecule has 2 N–H and O–H groups in total. The number of carbonyl (C=O) groups is 2. The lowest BCUT2D eigenvalue weighted by Crippen LogP contribution is -2.45. The Morgan fingerprint density at radius 3 is 2.53 bits per heavy atom. The highest BCUT2D eigenvalue weighted by Crippen LogP contribution is 2.32. The van der Waals surface area contributed by atoms with Gasteiger partial charge in [0.2, 0.25) is 11.8 Å². The first-order valence-corrected chi connectivity index (χ1v) is 6.39. The lowest BCUT2D eigenvalue weighted by molar-refractivity contribution is -0.153. The number of likely N-dealkylation sites (tertiary alicyclic amines) is 1. The number of nitrogens with two attached hydrogens (primary N) is 1. The molecule has 2 amide bonds. The van der Waals surface area contributed by atoms with Crippen molar-refractivity contribution in [2.24, 2.45) is 11.1 Å². The molecule has 0 atom stereocenters. The molecule has 1 saturated heterocycles. The van der Waals surface area contributed by atoms with Gasteiger partial charge in [-0.15, -0.1) is 0 Å². The summed E-state index contributed by atoms with van der Waals surface area (Å²) in [4.78, 5) is 29.6. The molecule has 5 nitrogen and oxygen atoms in total. The standard InChI is InChI=1S/C14H19N3O2/c1-14(2)6-12(18)17(13(19)7-14)9-10-4-3-5-16-11(10)8-15/h3-5H,6-9,15H2,1-2H3. The first-order valence-electron chi connectivity index (χ1n) is 6.39. The lowest BCUT2D eigenvalue weighted by Gasteiger charge is -2.34. The van der Waals surface area contributed by atoms with Gasteiger partial charge in [0.25, 0.3) is 0 Å². The van der Waals surface area contributed by atoms with E-state index >= 15 is 0 Å². The first kappa shape index (κ1) is 13.7. The van der Waals surface area contributed by atoms with Crippen LogP contribution in [0, 0.1) is 5.41 Å². The maximum atomic E-state index is 12.1. The number of hydrogen-bond donors (Lipinski definition) is 1. The average Bonchev–Trinajstić information content (AvgIpc) is 2.33. The molecule has 5 heteroatoms. The Hall–Kier alpha value is -1.75. The molecule has 1 fully saturated rings. The van der Waals surface area contributed by atoms with E-state index in [-0.39, 0.29) is 23.8 Å². The number of imide groups is 1. The average molecular weight is 261 g/mol. The molecule has 1 aliphatic rings. The number of hydrogen-bond acceptors (Lipinski definition) is 4. The van der Waals surface area contributed by atoms with E-state index in [9.17, 15) is 9.59 Å². The van der Waals surface area contributed by atoms with Crippen LogP contribution in [0.1, 0.15) is 37.9 Å². The van der Waals surface area contributed by atoms with Gasteiger partial charge in [0.05, 0.1) is 12.2 Å². The fraction of sp³-hybridized carbons (Fsp3) is 0.500. The van der Waals surface area contributed by atoms with E-state index in [0.717, 1.165) is 11.3 Å². The van der Waals surface area contributed by atoms with Crippen LogP contribution in [-0.2, 0) is 22.7 Å². The predicted octanol–water partition coefficient (Wildman–Crippen LogP) is 1.22. The minimum absolute atomic E-state index is 0.118. The Morgan fingerprint density at radius 1 is 1.32 bits per heavy atom. The van der Waals surface area contributed by atoms with Crippen molar-refractivity contribution in [3.8, 4) is 0 Å². The highest BCUT2D eigenvalue weighted by molar-refractivity contribution is 5.98. The van der Waals surface area contributed by atoms with E-state index in [4.69, 9.17) is 5.73 Å². The third-order valence-corrected chi connectivity index (χ3v) is 3.37. The lowest BCUT2D eigenvalue weighted by atomic mass is 9.81. The Morgan fingerprint density at radius 2 is 1.95 bits per heavy atom. The highest BCUT2D eigenvalue weighted by Gasteiger charge is 2.37. The van der Waals surface area contributed by atoms with Gasteiger partial charge >= 0.3 is 0 Å². The summed E-state index contributed by atoms with van der Waals surface area (Å²) in [6.07, 6.45) is 2.46. The van der Waals surface area contributed by atoms with Crippen LogP contribution in [0.2, 0.25) is 0 Å². The second kappa shape index (κ2) is 5.09. The van der Waals surface area contributed by atoms with Crippen molar-refractivity contribution >= 4 is 11.8 Å². The van der Waals surface area contributed by atoms with Crippen LogP contribution < -0.4 is 5.73 Å². The maximum absolute atomic E-state index is 12.1. The number of amides is 2. The Labute approximate surface area is 112 Å². The molecule has 1 aromatic rings. The molecule has 0 saturated carbocycles. The quantitative estimate of drug-likeness (QED) is 0.830. The van der Waals surface area contributed by atoms with Crippen LogP contribution in [0.15, 0.2) is 18.3 Å². The summed E-state index contributed by atoms with van der Waals surface area (Å²) in [6.45, 7) is 4.46. The van der Waals surface area contributed by atoms with Crippen molar-refractivity contribution in [1.82, 2.24) is 9.88 Å². The van der Waals surface area contributed by atoms with Crippen molar-refractivity contribution in [2.45, 2.75) is 39.8 Å². The smallest absolute Gasteiger partial charge is 0.230 e. The van der Waals surface area contributed by atoms with Gasteiger partial charge in [0.1, 0.15) is 0 Å². The summed E-state index contributed by atoms with van der Waals surface area (Å²) >= 11 is 0. The summed E-state index contributed by atoms with van der Waals surface area (Å²) < 4.78 is 0. The van der Waals surface area contributed by atoms with Gasteiger partial charge in [0, 0.05) is 25.6 Å². The third-order valence-electron chi connectivity index (χ3n) is 3.37. The molecule has 2 rings (SSSR count). The molecule has 0 bridgehead atoms. The molecule has 2 heterocycles. The van der Waals surface area contributed by atoms with Crippen LogP contribution in [0.4, 0.5) is 0 Å². The SMILES string of the molecule is CC1(C)CC(=O)N(Cc2cccnc2CN)C(=O)C1. The largest absolute Gasteiger partial charge is 0.325 e. The molecule has 0 radical (unpaired) electrons. The van der Waals surface area contributed by atoms with Gasteiger partial charge in [-0.05, 0) is 17.0 Å². The van der Waals surface area contributed by atoms with E-state index in [2.05, 4.69) is 4.98 Å². The van der Waals surface area contributed by atoms with Crippen molar-refractivity contribution in [2.75, 3.05) is 0 Å². The number of piperidine rings is 1. The van der Waals surface area contributed by atoms with E-state index in [0.29, 0.717) is 19.4 Å². The van der Waals surface area contributed by atoms with Gasteiger partial charge in [-0.25, -0.2) is 0 Å². The second-order valence-electron chi connectivity index (χ2n) is 5.70. The fourth-order valence-corrected chi connectivity index (χ4v) is 2.36. The summed E-state index contributed by atoms with van der Waals surface area (Å²) in [6, 6.07) is 3.65. The van der Waals surface area contributed by atoms with Crippen molar-refractivity contribution < 1.29 is 9.59 Å². The molecule has 1 aromatic heterocycles. The molecule has 0 aromatic carbocycles. The van der Waals surface area contributed by atoms with Crippen LogP contribution >= 0.6 is 0 Å². The minimum atomic E-state index is -0.240. The zero-order valence-corrected chi connectivity index (χ0v) is 11.3. The van der Waals surface area contributed by atoms with E-state index in [1.807, 2.05) is 19.9 Å². The molecule has 19 heavy (non-hydrogen) atoms. The van der Waals surface area contributed by atoms with Crippen LogP contribution in [0.25, 0.3) is 0 Å². The number of carbonyl (C=O) groups excluding carboxylic acids is 2. The third kappa shape index (κ3) is 2.98. The van der Waals surface area contributed by atoms with E-state index < -0.39 is 0 Å². The zero-order chi connectivity index (χ0) is 14.0. The summed E-state index contributed by atoms with van der Waals surface area (Å²) in [5.74, 6) is -0.235. The minimum Gasteiger partial charge on any atom is -0.325 e. The van der Waals surface area contributed by atoms with Crippen molar-refractivity contribution in [1.29, 1.82) is 0 Å². The van der Waals surface area contributed by atoms with Crippen LogP contribution in [-0.4, -0.2) is 21.7 Å². The second-order valence-corrected chi connectivity index (χ2v) is 5.70. The summed E-state index contributed by atoms with van der Waals surface area (Å²) in [5.41, 5.74) is 6.95. The van der Waals surface area contributed by atoms with E-state index in [1.54, 1.807) is 12.3 Å². The molecule has 0 spiro atoms. The molecule has 0 aliphatic carbocycles. The Balaban J connectivity index is 2.19. The zero-order valence-electron chi connectivity index (χ0n) is 11.3. The van der Waals surface area contributed by atoms with Gasteiger partial charge < -0.3 is 5.73 Å². The van der Waals surface area contributed by atoms with Crippen LogP contribution in [0.5, 0.6) is 0 Å². The molecule has 0 unspecified atom stereocenters. The molecule has 102 valence electrons. The first-order chi connectivity index (χ1) is 8.93. The topological polar surface area (TPSA) is 76.3 Å². The fourth-order valence-electron chi connectivity index (χ4n) is 2.36. The van der Waals surface area contributed by atoms with Gasteiger partial charge in [0.15, 0.2) is 0 Å².